The summed E-state index contributed by atoms with van der Waals surface area (Å²) in [4.78, 5) is 163. The second kappa shape index (κ2) is 28.8. The van der Waals surface area contributed by atoms with Crippen LogP contribution in [0.1, 0.15) is 31.1 Å². The molecule has 5 aliphatic heterocycles. The Morgan fingerprint density at radius 2 is 0.707 bits per heavy atom. The first-order valence-electron chi connectivity index (χ1n) is 28.4. The topological polar surface area (TPSA) is 700 Å². The second-order valence-corrected chi connectivity index (χ2v) is 27.6. The molecular formula is C46H57N13O36P4. The van der Waals surface area contributed by atoms with Crippen molar-refractivity contribution in [2.75, 3.05) is 38.8 Å². The van der Waals surface area contributed by atoms with Crippen LogP contribution in [-0.2, 0) is 78.1 Å². The summed E-state index contributed by atoms with van der Waals surface area (Å²) in [6, 6.07) is 3.16. The molecule has 0 bridgehead atoms. The second-order valence-electron chi connectivity index (χ2n) is 21.9. The predicted molar refractivity (Wildman–Crippen MR) is 310 cm³/mol. The van der Waals surface area contributed by atoms with Gasteiger partial charge in [-0.15, -0.1) is 0 Å². The predicted octanol–water partition coefficient (Wildman–Crippen LogP) is -8.74. The summed E-state index contributed by atoms with van der Waals surface area (Å²) in [5, 5.41) is 77.5. The number of aromatic amines is 4. The van der Waals surface area contributed by atoms with E-state index in [0.29, 0.717) is 18.3 Å². The Hall–Kier alpha value is -6.97. The van der Waals surface area contributed by atoms with Gasteiger partial charge in [0.15, 0.2) is 42.6 Å². The lowest BCUT2D eigenvalue weighted by molar-refractivity contribution is -0.0665. The van der Waals surface area contributed by atoms with Crippen LogP contribution in [-0.4, -0.2) is 238 Å². The molecule has 0 spiro atoms. The number of H-pyrrole nitrogens is 4. The van der Waals surface area contributed by atoms with Gasteiger partial charge in [-0.3, -0.25) is 98.1 Å². The van der Waals surface area contributed by atoms with Crippen LogP contribution in [0.4, 0.5) is 5.82 Å². The number of nitrogens with one attached hydrogen (secondary N) is 4. The lowest BCUT2D eigenvalue weighted by Gasteiger charge is -2.27. The van der Waals surface area contributed by atoms with Crippen molar-refractivity contribution >= 4 is 48.3 Å². The number of rotatable bonds is 26. The molecule has 542 valence electrons. The van der Waals surface area contributed by atoms with Crippen LogP contribution < -0.4 is 50.7 Å². The number of nitrogen functional groups attached to an aromatic ring is 1. The number of anilines is 1. The number of ether oxygens (including phenoxy) is 5. The minimum atomic E-state index is -5.93. The van der Waals surface area contributed by atoms with Gasteiger partial charge in [0.25, 0.3) is 22.2 Å². The SMILES string of the molecule is Nc1ncnc2c1ncn2[C@@H]1O[C@H](CO)[C@@H](OP(=O)(O)OC[C@H]2O[C@@H](n3ccc(=O)[nH]c3=O)[C@H](O)[C@@H]2OP(=O)(O)OC[C@H]2O[C@@H](n3ccc(=O)[nH]c3=O)[C@H](O)[C@@H]2OP(=O)(O)OC[C@H]2O[C@@H](n3ccc(=O)[nH]c3=O)[C@H](O)[C@@H]2OP(=O)(O)OC[C@H]2O[C@@H](n3ccc(=O)[nH]c3=O)[C@H](O)[C@@H]2O)[C@H]1O. The van der Waals surface area contributed by atoms with E-state index >= 15 is 0 Å². The number of fused-ring (bicyclic) bond motifs is 1. The number of imidazole rings is 1. The number of hydrogen-bond acceptors (Lipinski definition) is 36. The number of hydrogen-bond donors (Lipinski definition) is 16. The molecule has 53 heteroatoms. The standard InChI is InChI=1S/C46H57N13O36P4/c47-36-25-37(49-14-48-36)59(15-50-25)42-28(67)32(16(9-60)87-42)92-97(77,78)84-11-18-34(30(69)40(89-18)57-7-3-23(63)53-45(57)73)94-99(81,82)86-13-20-35(31(70)41(91-20)58-8-4-24(64)54-46(58)74)95-98(79,80)85-12-19-33(29(68)39(90-19)56-6-2-22(62)52-44(56)72)93-96(75,76)83-10-17-26(65)27(66)38(88-17)55-5-1-21(61)51-43(55)71/h1-8,14-20,26-35,38-42,60,65-70H,9-13H2,(H,75,76)(H,77,78)(H,79,80)(H,81,82)(H2,47,48,49)(H,51,61,71)(H,52,62,72)(H,53,63,73)(H,54,64,74)/t16-,17-,18-,19-,20-,26-,27-,28-,29-,30-,31-,32-,33-,34-,35-,38-,39-,40-,41-,42-/m1/s1. The minimum Gasteiger partial charge on any atom is -0.394 e. The van der Waals surface area contributed by atoms with Crippen LogP contribution in [0, 0.1) is 0 Å². The highest BCUT2D eigenvalue weighted by Gasteiger charge is 2.56. The molecule has 6 aromatic heterocycles. The van der Waals surface area contributed by atoms with E-state index in [4.69, 9.17) is 65.6 Å². The first kappa shape index (κ1) is 73.3. The summed E-state index contributed by atoms with van der Waals surface area (Å²) in [7, 11) is -23.1. The van der Waals surface area contributed by atoms with Crippen molar-refractivity contribution in [1.29, 1.82) is 0 Å². The fourth-order valence-electron chi connectivity index (χ4n) is 10.9. The number of aromatic nitrogens is 12. The van der Waals surface area contributed by atoms with E-state index in [9.17, 15) is 112 Å². The Balaban J connectivity index is 0.794. The number of nitrogens with zero attached hydrogens (tertiary/aromatic N) is 8. The maximum atomic E-state index is 14.1. The summed E-state index contributed by atoms with van der Waals surface area (Å²) in [6.07, 6.45) is -35.4. The Bertz CT molecular complexity index is 4680. The Morgan fingerprint density at radius 3 is 1.04 bits per heavy atom. The quantitative estimate of drug-likeness (QED) is 0.0224. The van der Waals surface area contributed by atoms with Gasteiger partial charge in [-0.2, -0.15) is 0 Å². The normalized spacial score (nSPS) is 33.4. The maximum absolute atomic E-state index is 14.1. The largest absolute Gasteiger partial charge is 0.472 e. The minimum absolute atomic E-state index is 0.0180. The van der Waals surface area contributed by atoms with E-state index in [2.05, 4.69) is 15.0 Å². The summed E-state index contributed by atoms with van der Waals surface area (Å²) in [5.41, 5.74) is -2.75. The fraction of sp³-hybridized carbons (Fsp3) is 0.543. The highest BCUT2D eigenvalue weighted by Crippen LogP contribution is 2.55. The summed E-state index contributed by atoms with van der Waals surface area (Å²) < 4.78 is 128. The van der Waals surface area contributed by atoms with Crippen LogP contribution in [0.2, 0.25) is 0 Å². The Labute approximate surface area is 544 Å². The van der Waals surface area contributed by atoms with Gasteiger partial charge in [-0.25, -0.2) is 52.4 Å². The van der Waals surface area contributed by atoms with Crippen LogP contribution in [0.25, 0.3) is 11.2 Å². The summed E-state index contributed by atoms with van der Waals surface area (Å²) in [6.45, 7) is -6.27. The Kier molecular flexibility index (Phi) is 21.3. The molecule has 11 rings (SSSR count). The van der Waals surface area contributed by atoms with Gasteiger partial charge >= 0.3 is 54.0 Å². The van der Waals surface area contributed by atoms with Crippen molar-refractivity contribution in [3.05, 3.63) is 145 Å². The maximum Gasteiger partial charge on any atom is 0.472 e. The first-order valence-corrected chi connectivity index (χ1v) is 34.4. The number of aliphatic hydroxyl groups excluding tert-OH is 7. The number of nitrogens with two attached hydrogens (primary N) is 1. The number of aliphatic hydroxyl groups is 7. The van der Waals surface area contributed by atoms with Crippen molar-refractivity contribution in [2.24, 2.45) is 0 Å². The molecule has 0 aromatic carbocycles. The molecule has 5 aliphatic rings. The van der Waals surface area contributed by atoms with Crippen LogP contribution in [0.3, 0.4) is 0 Å². The molecule has 99 heavy (non-hydrogen) atoms. The van der Waals surface area contributed by atoms with Gasteiger partial charge in [0, 0.05) is 49.1 Å². The van der Waals surface area contributed by atoms with Gasteiger partial charge in [-0.1, -0.05) is 0 Å². The third kappa shape index (κ3) is 15.8. The van der Waals surface area contributed by atoms with Crippen LogP contribution in [0.5, 0.6) is 0 Å². The average molecular weight is 1490 g/mol. The molecule has 5 saturated heterocycles. The van der Waals surface area contributed by atoms with Crippen LogP contribution >= 0.6 is 31.3 Å². The molecule has 0 aliphatic carbocycles. The van der Waals surface area contributed by atoms with E-state index in [1.165, 1.54) is 0 Å². The molecule has 17 N–H and O–H groups in total. The summed E-state index contributed by atoms with van der Waals surface area (Å²) in [5.74, 6) is -0.0733. The number of phosphoric ester groups is 4. The highest BCUT2D eigenvalue weighted by atomic mass is 31.2. The van der Waals surface area contributed by atoms with Crippen molar-refractivity contribution in [3.8, 4) is 0 Å². The molecule has 5 fully saturated rings. The molecule has 11 heterocycles. The zero-order chi connectivity index (χ0) is 71.5. The molecule has 0 saturated carbocycles. The molecule has 4 unspecified atom stereocenters. The lowest BCUT2D eigenvalue weighted by atomic mass is 10.1. The smallest absolute Gasteiger partial charge is 0.394 e. The molecule has 6 aromatic rings. The van der Waals surface area contributed by atoms with E-state index in [0.717, 1.165) is 66.3 Å². The third-order valence-electron chi connectivity index (χ3n) is 15.5. The van der Waals surface area contributed by atoms with E-state index in [1.54, 1.807) is 0 Å². The van der Waals surface area contributed by atoms with Gasteiger partial charge in [-0.05, 0) is 0 Å². The lowest BCUT2D eigenvalue weighted by Crippen LogP contribution is -2.40. The molecule has 24 atom stereocenters. The first-order chi connectivity index (χ1) is 46.6. The average Bonchev–Trinajstić information content (AvgIpc) is 1.64. The van der Waals surface area contributed by atoms with E-state index < -0.39 is 232 Å². The van der Waals surface area contributed by atoms with Crippen molar-refractivity contribution in [3.63, 3.8) is 0 Å². The molecule has 0 amide bonds. The van der Waals surface area contributed by atoms with Gasteiger partial charge < -0.3 is 84.7 Å². The Morgan fingerprint density at radius 1 is 0.414 bits per heavy atom. The van der Waals surface area contributed by atoms with Gasteiger partial charge in [0.1, 0.15) is 103 Å². The number of phosphoric acid groups is 4. The molecule has 49 nitrogen and oxygen atoms in total. The zero-order valence-corrected chi connectivity index (χ0v) is 53.0. The van der Waals surface area contributed by atoms with E-state index in [-0.39, 0.29) is 17.0 Å². The fourth-order valence-corrected chi connectivity index (χ4v) is 14.8. The van der Waals surface area contributed by atoms with Gasteiger partial charge in [0.05, 0.1) is 39.4 Å². The van der Waals surface area contributed by atoms with Crippen molar-refractivity contribution < 1.29 is 133 Å². The monoisotopic (exact) mass is 1490 g/mol. The molecular weight excluding hydrogens is 1430 g/mol. The highest BCUT2D eigenvalue weighted by molar-refractivity contribution is 7.48. The molecule has 0 radical (unpaired) electrons. The van der Waals surface area contributed by atoms with E-state index in [1.807, 2.05) is 19.9 Å². The summed E-state index contributed by atoms with van der Waals surface area (Å²) >= 11 is 0. The van der Waals surface area contributed by atoms with Crippen LogP contribution in [0.15, 0.2) is 100 Å². The van der Waals surface area contributed by atoms with Gasteiger partial charge in [0.2, 0.25) is 0 Å². The van der Waals surface area contributed by atoms with Crippen molar-refractivity contribution in [2.45, 2.75) is 123 Å². The third-order valence-corrected chi connectivity index (χ3v) is 19.5. The van der Waals surface area contributed by atoms with Crippen molar-refractivity contribution in [1.82, 2.24) is 57.7 Å². The zero-order valence-electron chi connectivity index (χ0n) is 49.4.